The first-order valence-electron chi connectivity index (χ1n) is 10.7. The van der Waals surface area contributed by atoms with Crippen molar-refractivity contribution in [3.8, 4) is 0 Å². The number of aryl methyl sites for hydroxylation is 2. The van der Waals surface area contributed by atoms with Gasteiger partial charge in [0.2, 0.25) is 0 Å². The van der Waals surface area contributed by atoms with E-state index in [4.69, 9.17) is 9.72 Å². The second-order valence-electron chi connectivity index (χ2n) is 8.63. The number of hydrogen-bond acceptors (Lipinski definition) is 6. The fourth-order valence-corrected chi connectivity index (χ4v) is 4.38. The minimum absolute atomic E-state index is 0.107. The van der Waals surface area contributed by atoms with Crippen LogP contribution in [0.5, 0.6) is 0 Å². The SMILES string of the molecule is C=C1CN(Cc2cnc3c(c2)c2ncnn2c(=O)n3Cc2ccc(C)c(C)c2)C[C@@H](C)O1. The maximum absolute atomic E-state index is 13.2. The van der Waals surface area contributed by atoms with Crippen LogP contribution in [0.4, 0.5) is 0 Å². The predicted octanol–water partition coefficient (Wildman–Crippen LogP) is 2.84. The van der Waals surface area contributed by atoms with Crippen molar-refractivity contribution in [1.82, 2.24) is 29.0 Å². The summed E-state index contributed by atoms with van der Waals surface area (Å²) >= 11 is 0. The predicted molar refractivity (Wildman–Crippen MR) is 123 cm³/mol. The summed E-state index contributed by atoms with van der Waals surface area (Å²) in [5, 5.41) is 4.98. The van der Waals surface area contributed by atoms with E-state index < -0.39 is 0 Å². The fourth-order valence-electron chi connectivity index (χ4n) is 4.38. The first kappa shape index (κ1) is 20.4. The second kappa shape index (κ2) is 7.87. The van der Waals surface area contributed by atoms with Gasteiger partial charge in [-0.2, -0.15) is 9.61 Å². The van der Waals surface area contributed by atoms with Gasteiger partial charge in [-0.05, 0) is 49.1 Å². The van der Waals surface area contributed by atoms with Crippen LogP contribution in [-0.2, 0) is 17.8 Å². The molecule has 0 saturated carbocycles. The van der Waals surface area contributed by atoms with Crippen molar-refractivity contribution in [2.24, 2.45) is 0 Å². The Kier molecular flexibility index (Phi) is 5.01. The highest BCUT2D eigenvalue weighted by atomic mass is 16.5. The van der Waals surface area contributed by atoms with Gasteiger partial charge in [0.1, 0.15) is 23.8 Å². The van der Waals surface area contributed by atoms with Crippen molar-refractivity contribution in [3.63, 3.8) is 0 Å². The maximum Gasteiger partial charge on any atom is 0.352 e. The highest BCUT2D eigenvalue weighted by molar-refractivity contribution is 5.89. The Labute approximate surface area is 185 Å². The third kappa shape index (κ3) is 3.67. The molecule has 8 nitrogen and oxygen atoms in total. The molecule has 5 rings (SSSR count). The van der Waals surface area contributed by atoms with Gasteiger partial charge in [-0.1, -0.05) is 24.8 Å². The summed E-state index contributed by atoms with van der Waals surface area (Å²) in [6.45, 7) is 12.8. The Hall–Kier alpha value is -3.52. The van der Waals surface area contributed by atoms with E-state index in [1.54, 1.807) is 4.57 Å². The lowest BCUT2D eigenvalue weighted by atomic mass is 10.1. The lowest BCUT2D eigenvalue weighted by Gasteiger charge is -2.32. The molecule has 4 aromatic rings. The Balaban J connectivity index is 1.58. The van der Waals surface area contributed by atoms with Crippen molar-refractivity contribution < 1.29 is 4.74 Å². The van der Waals surface area contributed by atoms with Gasteiger partial charge in [-0.3, -0.25) is 9.47 Å². The van der Waals surface area contributed by atoms with E-state index >= 15 is 0 Å². The zero-order valence-electron chi connectivity index (χ0n) is 18.6. The Bertz CT molecular complexity index is 1400. The summed E-state index contributed by atoms with van der Waals surface area (Å²) in [5.41, 5.74) is 5.39. The molecule has 1 aromatic carbocycles. The fraction of sp³-hybridized carbons (Fsp3) is 0.333. The monoisotopic (exact) mass is 430 g/mol. The van der Waals surface area contributed by atoms with E-state index in [1.165, 1.54) is 22.0 Å². The lowest BCUT2D eigenvalue weighted by Crippen LogP contribution is -2.39. The summed E-state index contributed by atoms with van der Waals surface area (Å²) in [6, 6.07) is 8.30. The number of ether oxygens (including phenoxy) is 1. The van der Waals surface area contributed by atoms with Gasteiger partial charge < -0.3 is 4.74 Å². The van der Waals surface area contributed by atoms with Crippen molar-refractivity contribution >= 4 is 16.7 Å². The molecule has 8 heteroatoms. The topological polar surface area (TPSA) is 77.6 Å². The summed E-state index contributed by atoms with van der Waals surface area (Å²) in [6.07, 6.45) is 3.36. The zero-order valence-corrected chi connectivity index (χ0v) is 18.6. The third-order valence-corrected chi connectivity index (χ3v) is 5.98. The van der Waals surface area contributed by atoms with Crippen molar-refractivity contribution in [1.29, 1.82) is 0 Å². The van der Waals surface area contributed by atoms with Crippen LogP contribution in [0, 0.1) is 13.8 Å². The van der Waals surface area contributed by atoms with Crippen LogP contribution in [0.2, 0.25) is 0 Å². The smallest absolute Gasteiger partial charge is 0.352 e. The van der Waals surface area contributed by atoms with Crippen molar-refractivity contribution in [2.75, 3.05) is 13.1 Å². The number of aromatic nitrogens is 5. The van der Waals surface area contributed by atoms with Gasteiger partial charge in [0.25, 0.3) is 0 Å². The molecule has 0 radical (unpaired) electrons. The largest absolute Gasteiger partial charge is 0.493 e. The Morgan fingerprint density at radius 3 is 2.72 bits per heavy atom. The number of benzene rings is 1. The molecule has 0 spiro atoms. The average Bonchev–Trinajstić information content (AvgIpc) is 3.23. The van der Waals surface area contributed by atoms with Crippen LogP contribution in [0.3, 0.4) is 0 Å². The van der Waals surface area contributed by atoms with Crippen LogP contribution in [-0.4, -0.2) is 48.2 Å². The molecule has 1 aliphatic heterocycles. The highest BCUT2D eigenvalue weighted by Gasteiger charge is 2.21. The van der Waals surface area contributed by atoms with Crippen molar-refractivity contribution in [2.45, 2.75) is 40.0 Å². The molecule has 1 aliphatic rings. The normalized spacial score (nSPS) is 17.2. The minimum Gasteiger partial charge on any atom is -0.493 e. The van der Waals surface area contributed by atoms with E-state index in [1.807, 2.05) is 19.2 Å². The Morgan fingerprint density at radius 2 is 1.94 bits per heavy atom. The second-order valence-corrected chi connectivity index (χ2v) is 8.63. The molecule has 4 heterocycles. The molecule has 0 unspecified atom stereocenters. The minimum atomic E-state index is -0.248. The van der Waals surface area contributed by atoms with Crippen LogP contribution in [0.1, 0.15) is 29.2 Å². The van der Waals surface area contributed by atoms with Crippen LogP contribution >= 0.6 is 0 Å². The van der Waals surface area contributed by atoms with Crippen LogP contribution in [0.25, 0.3) is 16.7 Å². The summed E-state index contributed by atoms with van der Waals surface area (Å²) < 4.78 is 8.69. The number of hydrogen-bond donors (Lipinski definition) is 0. The standard InChI is InChI=1S/C24H26N6O2/c1-15-5-6-19(7-16(15)2)13-29-22-21(23-26-14-27-30(23)24(29)31)8-20(9-25-22)12-28-10-17(3)32-18(4)11-28/h5-9,14,18H,3,10-13H2,1-2,4H3/t18-/m1/s1. The molecule has 32 heavy (non-hydrogen) atoms. The first-order chi connectivity index (χ1) is 15.4. The van der Waals surface area contributed by atoms with Gasteiger partial charge in [0, 0.05) is 19.3 Å². The molecule has 0 amide bonds. The molecule has 164 valence electrons. The molecule has 1 atom stereocenters. The van der Waals surface area contributed by atoms with Gasteiger partial charge in [0.15, 0.2) is 5.65 Å². The summed E-state index contributed by atoms with van der Waals surface area (Å²) in [7, 11) is 0. The summed E-state index contributed by atoms with van der Waals surface area (Å²) in [5.74, 6) is 0.777. The van der Waals surface area contributed by atoms with Crippen LogP contribution < -0.4 is 5.69 Å². The van der Waals surface area contributed by atoms with E-state index in [0.717, 1.165) is 28.8 Å². The lowest BCUT2D eigenvalue weighted by molar-refractivity contribution is 0.0308. The Morgan fingerprint density at radius 1 is 1.09 bits per heavy atom. The van der Waals surface area contributed by atoms with E-state index in [-0.39, 0.29) is 11.8 Å². The molecular formula is C24H26N6O2. The molecule has 0 N–H and O–H groups in total. The maximum atomic E-state index is 13.2. The average molecular weight is 431 g/mol. The first-order valence-corrected chi connectivity index (χ1v) is 10.7. The molecular weight excluding hydrogens is 404 g/mol. The quantitative estimate of drug-likeness (QED) is 0.496. The number of rotatable bonds is 4. The molecule has 3 aromatic heterocycles. The van der Waals surface area contributed by atoms with Gasteiger partial charge in [-0.15, -0.1) is 0 Å². The van der Waals surface area contributed by atoms with E-state index in [0.29, 0.717) is 30.9 Å². The van der Waals surface area contributed by atoms with Gasteiger partial charge >= 0.3 is 5.69 Å². The molecule has 0 bridgehead atoms. The van der Waals surface area contributed by atoms with Gasteiger partial charge in [-0.25, -0.2) is 14.8 Å². The summed E-state index contributed by atoms with van der Waals surface area (Å²) in [4.78, 5) is 24.5. The van der Waals surface area contributed by atoms with E-state index in [2.05, 4.69) is 53.6 Å². The molecule has 1 saturated heterocycles. The molecule has 1 fully saturated rings. The number of nitrogens with zero attached hydrogens (tertiary/aromatic N) is 6. The molecule has 0 aliphatic carbocycles. The van der Waals surface area contributed by atoms with Crippen molar-refractivity contribution in [3.05, 3.63) is 81.9 Å². The van der Waals surface area contributed by atoms with Crippen LogP contribution in [0.15, 0.2) is 53.9 Å². The number of fused-ring (bicyclic) bond motifs is 3. The van der Waals surface area contributed by atoms with E-state index in [9.17, 15) is 4.79 Å². The zero-order chi connectivity index (χ0) is 22.4. The number of morpholine rings is 1. The number of pyridine rings is 1. The van der Waals surface area contributed by atoms with Gasteiger partial charge in [0.05, 0.1) is 18.5 Å². The third-order valence-electron chi connectivity index (χ3n) is 5.98. The highest BCUT2D eigenvalue weighted by Crippen LogP contribution is 2.21.